The molecule has 0 spiro atoms. The van der Waals surface area contributed by atoms with E-state index in [-0.39, 0.29) is 17.9 Å². The second kappa shape index (κ2) is 17.2. The highest BCUT2D eigenvalue weighted by Gasteiger charge is 2.48. The van der Waals surface area contributed by atoms with E-state index in [4.69, 9.17) is 0 Å². The standard InChI is InChI=1S/C12H21F3N2O.C12H15NO.C4H10/c1-3-17(4-2)9-5-6-11(16-8-18)10(7-9)12(13,14)15;1-5-6-8(2)11-10(4)13-7-9(3)12(11)14;1-3-4-2/h8-11H,3-7H2,1-2H3,(H,16,18);5,7,13H,1,4,6H2,2-3H3;3-4H2,1-2H3/b;11-8+;. The summed E-state index contributed by atoms with van der Waals surface area (Å²) >= 11 is 0. The summed E-state index contributed by atoms with van der Waals surface area (Å²) in [6, 6.07) is -0.800. The molecule has 1 saturated carbocycles. The van der Waals surface area contributed by atoms with Crippen molar-refractivity contribution in [3.8, 4) is 0 Å². The highest BCUT2D eigenvalue weighted by atomic mass is 19.4. The van der Waals surface area contributed by atoms with Crippen molar-refractivity contribution in [1.82, 2.24) is 15.2 Å². The van der Waals surface area contributed by atoms with Crippen molar-refractivity contribution in [2.75, 3.05) is 13.1 Å². The quantitative estimate of drug-likeness (QED) is 0.387. The number of unbranched alkanes of at least 4 members (excludes halogenated alkanes) is 1. The van der Waals surface area contributed by atoms with E-state index in [1.807, 2.05) is 20.8 Å². The summed E-state index contributed by atoms with van der Waals surface area (Å²) in [5.41, 5.74) is 1.79. The Morgan fingerprint density at radius 2 is 1.78 bits per heavy atom. The molecule has 0 saturated heterocycles. The van der Waals surface area contributed by atoms with Gasteiger partial charge in [-0.15, -0.1) is 6.58 Å². The van der Waals surface area contributed by atoms with Crippen LogP contribution >= 0.6 is 0 Å². The average molecular weight is 514 g/mol. The van der Waals surface area contributed by atoms with Gasteiger partial charge < -0.3 is 15.2 Å². The smallest absolute Gasteiger partial charge is 0.361 e. The van der Waals surface area contributed by atoms with Crippen molar-refractivity contribution < 1.29 is 18.0 Å². The number of aromatic nitrogens is 1. The van der Waals surface area contributed by atoms with Gasteiger partial charge in [-0.1, -0.05) is 58.8 Å². The number of allylic oxidation sites excluding steroid dienone is 1. The molecule has 0 aromatic carbocycles. The van der Waals surface area contributed by atoms with Gasteiger partial charge in [0.1, 0.15) is 0 Å². The van der Waals surface area contributed by atoms with Crippen molar-refractivity contribution in [3.63, 3.8) is 0 Å². The Balaban J connectivity index is 0.000000606. The van der Waals surface area contributed by atoms with Crippen LogP contribution in [0.1, 0.15) is 78.7 Å². The molecule has 3 unspecified atom stereocenters. The zero-order valence-corrected chi connectivity index (χ0v) is 22.9. The first-order chi connectivity index (χ1) is 16.9. The molecule has 3 atom stereocenters. The minimum atomic E-state index is -4.24. The molecule has 0 radical (unpaired) electrons. The van der Waals surface area contributed by atoms with Crippen molar-refractivity contribution in [3.05, 3.63) is 45.2 Å². The van der Waals surface area contributed by atoms with Crippen molar-refractivity contribution >= 4 is 18.6 Å². The van der Waals surface area contributed by atoms with Crippen LogP contribution in [0.5, 0.6) is 0 Å². The molecular weight excluding hydrogens is 467 g/mol. The summed E-state index contributed by atoms with van der Waals surface area (Å²) in [5, 5.41) is 3.70. The lowest BCUT2D eigenvalue weighted by atomic mass is 9.80. The van der Waals surface area contributed by atoms with E-state index in [1.54, 1.807) is 19.2 Å². The number of H-pyrrole nitrogens is 1. The number of alkyl halides is 3. The number of nitrogens with zero attached hydrogens (tertiary/aromatic N) is 1. The molecule has 1 heterocycles. The van der Waals surface area contributed by atoms with Gasteiger partial charge in [-0.05, 0) is 52.6 Å². The predicted molar refractivity (Wildman–Crippen MR) is 144 cm³/mol. The zero-order chi connectivity index (χ0) is 27.9. The third-order valence-electron chi connectivity index (χ3n) is 6.58. The number of aromatic amines is 1. The maximum Gasteiger partial charge on any atom is 0.393 e. The predicted octanol–water partition coefficient (Wildman–Crippen LogP) is 4.82. The number of nitrogens with one attached hydrogen (secondary N) is 2. The summed E-state index contributed by atoms with van der Waals surface area (Å²) in [6.07, 6.45) is 4.15. The van der Waals surface area contributed by atoms with Crippen LogP contribution in [0.3, 0.4) is 0 Å². The van der Waals surface area contributed by atoms with Gasteiger partial charge in [0, 0.05) is 34.4 Å². The van der Waals surface area contributed by atoms with Crippen LogP contribution < -0.4 is 21.3 Å². The summed E-state index contributed by atoms with van der Waals surface area (Å²) < 4.78 is 39.0. The Labute approximate surface area is 214 Å². The van der Waals surface area contributed by atoms with Gasteiger partial charge >= 0.3 is 6.18 Å². The van der Waals surface area contributed by atoms with Crippen molar-refractivity contribution in [2.45, 2.75) is 98.3 Å². The topological polar surface area (TPSA) is 65.2 Å². The van der Waals surface area contributed by atoms with Gasteiger partial charge in [-0.2, -0.15) is 13.2 Å². The number of pyridine rings is 1. The fourth-order valence-corrected chi connectivity index (χ4v) is 4.31. The minimum Gasteiger partial charge on any atom is -0.361 e. The van der Waals surface area contributed by atoms with Gasteiger partial charge in [0.25, 0.3) is 0 Å². The van der Waals surface area contributed by atoms with Crippen LogP contribution in [-0.2, 0) is 4.79 Å². The van der Waals surface area contributed by atoms with Gasteiger partial charge in [0.2, 0.25) is 6.41 Å². The normalized spacial score (nSPS) is 20.3. The van der Waals surface area contributed by atoms with E-state index in [1.165, 1.54) is 12.8 Å². The maximum absolute atomic E-state index is 13.0. The highest BCUT2D eigenvalue weighted by molar-refractivity contribution is 5.47. The number of halogens is 3. The summed E-state index contributed by atoms with van der Waals surface area (Å²) in [6.45, 7) is 21.0. The molecule has 2 N–H and O–H groups in total. The van der Waals surface area contributed by atoms with Crippen molar-refractivity contribution in [2.24, 2.45) is 5.92 Å². The Morgan fingerprint density at radius 1 is 1.19 bits per heavy atom. The molecule has 36 heavy (non-hydrogen) atoms. The van der Waals surface area contributed by atoms with Crippen LogP contribution in [-0.4, -0.2) is 47.6 Å². The molecule has 0 bridgehead atoms. The highest BCUT2D eigenvalue weighted by Crippen LogP contribution is 2.39. The molecule has 1 aromatic heterocycles. The average Bonchev–Trinajstić information content (AvgIpc) is 2.83. The number of rotatable bonds is 8. The van der Waals surface area contributed by atoms with E-state index in [2.05, 4.69) is 42.2 Å². The van der Waals surface area contributed by atoms with Crippen LogP contribution in [0.25, 0.3) is 12.2 Å². The lowest BCUT2D eigenvalue weighted by Crippen LogP contribution is -2.51. The summed E-state index contributed by atoms with van der Waals surface area (Å²) in [7, 11) is 0. The lowest BCUT2D eigenvalue weighted by molar-refractivity contribution is -0.193. The lowest BCUT2D eigenvalue weighted by Gasteiger charge is -2.41. The minimum absolute atomic E-state index is 0.0312. The number of aryl methyl sites for hydroxylation is 1. The number of hydrogen-bond donors (Lipinski definition) is 2. The second-order valence-corrected chi connectivity index (χ2v) is 9.15. The van der Waals surface area contributed by atoms with Crippen LogP contribution in [0.15, 0.2) is 23.6 Å². The monoisotopic (exact) mass is 513 g/mol. The maximum atomic E-state index is 13.0. The van der Waals surface area contributed by atoms with Crippen molar-refractivity contribution in [1.29, 1.82) is 0 Å². The molecule has 1 aliphatic carbocycles. The zero-order valence-electron chi connectivity index (χ0n) is 22.9. The van der Waals surface area contributed by atoms with Gasteiger partial charge in [0.15, 0.2) is 5.43 Å². The second-order valence-electron chi connectivity index (χ2n) is 9.15. The Morgan fingerprint density at radius 3 is 2.22 bits per heavy atom. The van der Waals surface area contributed by atoms with E-state index < -0.39 is 18.1 Å². The number of amides is 1. The molecular formula is C28H46F3N3O2. The van der Waals surface area contributed by atoms with Crippen LogP contribution in [0, 0.1) is 12.8 Å². The number of hydrogen-bond acceptors (Lipinski definition) is 3. The molecule has 1 aliphatic rings. The molecule has 1 fully saturated rings. The molecule has 206 valence electrons. The van der Waals surface area contributed by atoms with Gasteiger partial charge in [-0.25, -0.2) is 0 Å². The molecule has 1 amide bonds. The molecule has 1 aromatic rings. The first-order valence-corrected chi connectivity index (χ1v) is 12.9. The largest absolute Gasteiger partial charge is 0.393 e. The number of carbonyl (C=O) groups excluding carboxylic acids is 1. The first kappa shape index (κ1) is 33.7. The first-order valence-electron chi connectivity index (χ1n) is 12.9. The molecule has 0 aliphatic heterocycles. The van der Waals surface area contributed by atoms with E-state index in [0.29, 0.717) is 29.8 Å². The van der Waals surface area contributed by atoms with Gasteiger partial charge in [-0.3, -0.25) is 9.59 Å². The fourth-order valence-electron chi connectivity index (χ4n) is 4.31. The summed E-state index contributed by atoms with van der Waals surface area (Å²) in [5.74, 6) is -1.43. The summed E-state index contributed by atoms with van der Waals surface area (Å²) in [4.78, 5) is 27.2. The third kappa shape index (κ3) is 10.7. The Hall–Kier alpha value is -2.35. The molecule has 2 rings (SSSR count). The Kier molecular flexibility index (Phi) is 16.0. The molecule has 8 heteroatoms. The SMILES string of the molecule is C=CC/C(C)=c1\c(=C)[nH]cc(C)c1=O.CCCC.CCN(CC)C1CCC(NC=O)C(C(F)(F)F)C1. The Bertz CT molecular complexity index is 950. The third-order valence-corrected chi connectivity index (χ3v) is 6.58. The molecule has 5 nitrogen and oxygen atoms in total. The van der Waals surface area contributed by atoms with Gasteiger partial charge in [0.05, 0.1) is 5.92 Å². The van der Waals surface area contributed by atoms with Crippen LogP contribution in [0.4, 0.5) is 13.2 Å². The van der Waals surface area contributed by atoms with E-state index in [9.17, 15) is 22.8 Å². The van der Waals surface area contributed by atoms with E-state index >= 15 is 0 Å². The van der Waals surface area contributed by atoms with Crippen LogP contribution in [0.2, 0.25) is 0 Å². The number of carbonyl (C=O) groups is 1. The van der Waals surface area contributed by atoms with E-state index in [0.717, 1.165) is 30.6 Å². The fraction of sp³-hybridized carbons (Fsp3) is 0.643.